The summed E-state index contributed by atoms with van der Waals surface area (Å²) in [6, 6.07) is 16.4. The molecule has 0 saturated carbocycles. The first kappa shape index (κ1) is 19.7. The minimum absolute atomic E-state index is 0.0639. The van der Waals surface area contributed by atoms with Gasteiger partial charge in [-0.05, 0) is 60.2 Å². The molecule has 30 heavy (non-hydrogen) atoms. The maximum absolute atomic E-state index is 13.3. The fourth-order valence-electron chi connectivity index (χ4n) is 3.50. The van der Waals surface area contributed by atoms with Gasteiger partial charge in [0.05, 0.1) is 11.6 Å². The summed E-state index contributed by atoms with van der Waals surface area (Å²) < 4.78 is 13.3. The zero-order chi connectivity index (χ0) is 21.4. The van der Waals surface area contributed by atoms with Crippen LogP contribution in [-0.4, -0.2) is 21.9 Å². The molecule has 2 N–H and O–H groups in total. The summed E-state index contributed by atoms with van der Waals surface area (Å²) in [5.41, 5.74) is 0.789. The highest BCUT2D eigenvalue weighted by molar-refractivity contribution is 6.51. The average molecular weight is 424 g/mol. The molecule has 3 aromatic carbocycles. The molecule has 1 aliphatic rings. The molecule has 1 unspecified atom stereocenters. The molecular weight excluding hydrogens is 409 g/mol. The number of nitrogens with zero attached hydrogens (tertiary/aromatic N) is 1. The van der Waals surface area contributed by atoms with Crippen molar-refractivity contribution in [1.82, 2.24) is 0 Å². The normalized spacial score (nSPS) is 18.1. The van der Waals surface area contributed by atoms with E-state index in [1.165, 1.54) is 35.2 Å². The quantitative estimate of drug-likeness (QED) is 0.360. The molecule has 150 valence electrons. The van der Waals surface area contributed by atoms with Crippen molar-refractivity contribution in [1.29, 1.82) is 0 Å². The molecule has 0 aliphatic carbocycles. The van der Waals surface area contributed by atoms with Crippen molar-refractivity contribution >= 4 is 34.7 Å². The number of ketones is 1. The Hall–Kier alpha value is -3.64. The number of benzene rings is 3. The molecule has 3 aromatic rings. The van der Waals surface area contributed by atoms with Crippen LogP contribution in [0, 0.1) is 5.82 Å². The summed E-state index contributed by atoms with van der Waals surface area (Å²) in [5.74, 6) is -2.76. The van der Waals surface area contributed by atoms with Gasteiger partial charge in [0, 0.05) is 16.3 Å². The Labute approximate surface area is 176 Å². The molecule has 1 heterocycles. The van der Waals surface area contributed by atoms with Crippen LogP contribution >= 0.6 is 11.6 Å². The molecule has 0 spiro atoms. The first-order chi connectivity index (χ1) is 14.4. The first-order valence-corrected chi connectivity index (χ1v) is 9.36. The van der Waals surface area contributed by atoms with Crippen LogP contribution in [0.1, 0.15) is 17.2 Å². The van der Waals surface area contributed by atoms with E-state index in [9.17, 15) is 24.2 Å². The molecule has 5 nitrogen and oxygen atoms in total. The van der Waals surface area contributed by atoms with E-state index in [-0.39, 0.29) is 16.9 Å². The molecule has 1 amide bonds. The molecule has 1 fully saturated rings. The maximum atomic E-state index is 13.3. The maximum Gasteiger partial charge on any atom is 0.300 e. The van der Waals surface area contributed by atoms with Gasteiger partial charge in [0.1, 0.15) is 17.3 Å². The van der Waals surface area contributed by atoms with E-state index in [1.54, 1.807) is 30.3 Å². The minimum atomic E-state index is -1.01. The highest BCUT2D eigenvalue weighted by Crippen LogP contribution is 2.43. The third-order valence-corrected chi connectivity index (χ3v) is 5.07. The van der Waals surface area contributed by atoms with Crippen LogP contribution in [0.2, 0.25) is 5.02 Å². The van der Waals surface area contributed by atoms with Crippen molar-refractivity contribution in [3.63, 3.8) is 0 Å². The number of hydrogen-bond acceptors (Lipinski definition) is 4. The number of phenolic OH excluding ortho intramolecular Hbond substituents is 1. The molecule has 0 bridgehead atoms. The van der Waals surface area contributed by atoms with Crippen LogP contribution in [0.3, 0.4) is 0 Å². The Balaban J connectivity index is 1.96. The Morgan fingerprint density at radius 3 is 2.33 bits per heavy atom. The number of phenols is 1. The number of amides is 1. The smallest absolute Gasteiger partial charge is 0.300 e. The first-order valence-electron chi connectivity index (χ1n) is 8.98. The lowest BCUT2D eigenvalue weighted by atomic mass is 9.95. The van der Waals surface area contributed by atoms with E-state index in [2.05, 4.69) is 0 Å². The monoisotopic (exact) mass is 423 g/mol. The lowest BCUT2D eigenvalue weighted by Crippen LogP contribution is -2.29. The van der Waals surface area contributed by atoms with Crippen LogP contribution in [-0.2, 0) is 9.59 Å². The fourth-order valence-corrected chi connectivity index (χ4v) is 3.68. The molecule has 0 aromatic heterocycles. The molecule has 1 saturated heterocycles. The topological polar surface area (TPSA) is 77.8 Å². The Kier molecular flexibility index (Phi) is 5.01. The van der Waals surface area contributed by atoms with Gasteiger partial charge in [-0.1, -0.05) is 29.8 Å². The van der Waals surface area contributed by atoms with Crippen molar-refractivity contribution in [2.45, 2.75) is 6.04 Å². The largest absolute Gasteiger partial charge is 0.508 e. The van der Waals surface area contributed by atoms with E-state index in [0.717, 1.165) is 12.1 Å². The summed E-state index contributed by atoms with van der Waals surface area (Å²) in [4.78, 5) is 27.1. The van der Waals surface area contributed by atoms with Gasteiger partial charge in [-0.2, -0.15) is 0 Å². The van der Waals surface area contributed by atoms with Crippen LogP contribution in [0.4, 0.5) is 10.1 Å². The second-order valence-electron chi connectivity index (χ2n) is 6.75. The van der Waals surface area contributed by atoms with Crippen LogP contribution in [0.5, 0.6) is 5.75 Å². The Morgan fingerprint density at radius 2 is 1.67 bits per heavy atom. The third kappa shape index (κ3) is 3.42. The van der Waals surface area contributed by atoms with Gasteiger partial charge in [0.25, 0.3) is 11.7 Å². The number of aliphatic hydroxyl groups excluding tert-OH is 1. The van der Waals surface area contributed by atoms with Gasteiger partial charge >= 0.3 is 0 Å². The fraction of sp³-hybridized carbons (Fsp3) is 0.0435. The number of halogens is 2. The van der Waals surface area contributed by atoms with Crippen molar-refractivity contribution in [2.75, 3.05) is 4.90 Å². The Bertz CT molecular complexity index is 1190. The average Bonchev–Trinajstić information content (AvgIpc) is 2.99. The van der Waals surface area contributed by atoms with Crippen molar-refractivity contribution in [3.05, 3.63) is 100 Å². The number of carbonyl (C=O) groups excluding carboxylic acids is 2. The summed E-state index contributed by atoms with van der Waals surface area (Å²) in [6.45, 7) is 0. The molecule has 7 heteroatoms. The van der Waals surface area contributed by atoms with E-state index in [0.29, 0.717) is 16.3 Å². The van der Waals surface area contributed by atoms with Crippen molar-refractivity contribution < 1.29 is 24.2 Å². The third-order valence-electron chi connectivity index (χ3n) is 4.83. The zero-order valence-corrected chi connectivity index (χ0v) is 16.2. The molecule has 1 aliphatic heterocycles. The zero-order valence-electron chi connectivity index (χ0n) is 15.4. The van der Waals surface area contributed by atoms with E-state index in [4.69, 9.17) is 11.6 Å². The summed E-state index contributed by atoms with van der Waals surface area (Å²) in [6.07, 6.45) is 0. The number of rotatable bonds is 3. The second-order valence-corrected chi connectivity index (χ2v) is 7.19. The number of aliphatic hydroxyl groups is 1. The number of Topliss-reactive ketones (excluding diaryl/α,β-unsaturated/α-hetero) is 1. The molecular formula is C23H15ClFNO4. The minimum Gasteiger partial charge on any atom is -0.508 e. The van der Waals surface area contributed by atoms with Gasteiger partial charge in [-0.15, -0.1) is 0 Å². The Morgan fingerprint density at radius 1 is 0.967 bits per heavy atom. The van der Waals surface area contributed by atoms with Crippen molar-refractivity contribution in [3.8, 4) is 5.75 Å². The highest BCUT2D eigenvalue weighted by atomic mass is 35.5. The van der Waals surface area contributed by atoms with Crippen LogP contribution < -0.4 is 4.90 Å². The lowest BCUT2D eigenvalue weighted by Gasteiger charge is -2.25. The molecule has 4 rings (SSSR count). The SMILES string of the molecule is O=C1C(=O)N(c2cccc(Cl)c2)C(c2cccc(O)c2)/C1=C(\O)c1ccc(F)cc1. The van der Waals surface area contributed by atoms with Crippen LogP contribution in [0.15, 0.2) is 78.4 Å². The summed E-state index contributed by atoms with van der Waals surface area (Å²) in [5, 5.41) is 21.2. The number of carbonyl (C=O) groups is 2. The van der Waals surface area contributed by atoms with Crippen molar-refractivity contribution in [2.24, 2.45) is 0 Å². The summed E-state index contributed by atoms with van der Waals surface area (Å²) in [7, 11) is 0. The highest BCUT2D eigenvalue weighted by Gasteiger charge is 2.47. The van der Waals surface area contributed by atoms with E-state index >= 15 is 0 Å². The molecule has 1 atom stereocenters. The lowest BCUT2D eigenvalue weighted by molar-refractivity contribution is -0.132. The van der Waals surface area contributed by atoms with Gasteiger partial charge in [-0.25, -0.2) is 4.39 Å². The number of hydrogen-bond donors (Lipinski definition) is 2. The predicted octanol–water partition coefficient (Wildman–Crippen LogP) is 4.81. The summed E-state index contributed by atoms with van der Waals surface area (Å²) >= 11 is 6.08. The number of aromatic hydroxyl groups is 1. The standard InChI is InChI=1S/C23H15ClFNO4/c24-15-4-2-5-17(12-15)26-20(14-3-1-6-18(27)11-14)19(22(29)23(26)30)21(28)13-7-9-16(25)10-8-13/h1-12,20,27-28H/b21-19+. The van der Waals surface area contributed by atoms with Crippen LogP contribution in [0.25, 0.3) is 5.76 Å². The van der Waals surface area contributed by atoms with Gasteiger partial charge in [0.2, 0.25) is 0 Å². The second kappa shape index (κ2) is 7.65. The number of anilines is 1. The molecule has 0 radical (unpaired) electrons. The predicted molar refractivity (Wildman–Crippen MR) is 111 cm³/mol. The van der Waals surface area contributed by atoms with Gasteiger partial charge < -0.3 is 10.2 Å². The van der Waals surface area contributed by atoms with E-state index < -0.39 is 29.3 Å². The van der Waals surface area contributed by atoms with Gasteiger partial charge in [-0.3, -0.25) is 14.5 Å². The van der Waals surface area contributed by atoms with E-state index in [1.807, 2.05) is 0 Å². The van der Waals surface area contributed by atoms with Gasteiger partial charge in [0.15, 0.2) is 0 Å².